The van der Waals surface area contributed by atoms with Crippen LogP contribution in [0.25, 0.3) is 10.8 Å². The predicted molar refractivity (Wildman–Crippen MR) is 91.0 cm³/mol. The van der Waals surface area contributed by atoms with Crippen molar-refractivity contribution in [3.8, 4) is 5.75 Å². The quantitative estimate of drug-likeness (QED) is 0.937. The number of fused-ring (bicyclic) bond motifs is 1. The number of carboxylic acid groups (broad SMARTS) is 1. The SMILES string of the molecule is CC(Oc1cccc2ccccc12)C(=O)N1CCC(C(=O)O)CC1. The van der Waals surface area contributed by atoms with Crippen LogP contribution in [0.5, 0.6) is 5.75 Å². The molecule has 5 nitrogen and oxygen atoms in total. The normalized spacial score (nSPS) is 16.8. The summed E-state index contributed by atoms with van der Waals surface area (Å²) in [6.45, 7) is 2.69. The summed E-state index contributed by atoms with van der Waals surface area (Å²) in [6.07, 6.45) is 0.404. The molecule has 126 valence electrons. The van der Waals surface area contributed by atoms with Crippen LogP contribution >= 0.6 is 0 Å². The second-order valence-corrected chi connectivity index (χ2v) is 6.18. The van der Waals surface area contributed by atoms with Gasteiger partial charge in [0.1, 0.15) is 5.75 Å². The molecule has 0 aliphatic carbocycles. The fourth-order valence-electron chi connectivity index (χ4n) is 3.14. The average Bonchev–Trinajstić information content (AvgIpc) is 2.61. The Bertz CT molecular complexity index is 745. The van der Waals surface area contributed by atoms with Crippen molar-refractivity contribution in [2.45, 2.75) is 25.9 Å². The van der Waals surface area contributed by atoms with Gasteiger partial charge in [-0.3, -0.25) is 9.59 Å². The van der Waals surface area contributed by atoms with Gasteiger partial charge in [-0.2, -0.15) is 0 Å². The lowest BCUT2D eigenvalue weighted by molar-refractivity contribution is -0.147. The molecule has 0 bridgehead atoms. The molecule has 1 heterocycles. The summed E-state index contributed by atoms with van der Waals surface area (Å²) in [7, 11) is 0. The number of rotatable bonds is 4. The summed E-state index contributed by atoms with van der Waals surface area (Å²) in [5, 5.41) is 11.1. The maximum Gasteiger partial charge on any atom is 0.306 e. The first-order valence-electron chi connectivity index (χ1n) is 8.22. The number of hydrogen-bond acceptors (Lipinski definition) is 3. The lowest BCUT2D eigenvalue weighted by Crippen LogP contribution is -2.45. The molecule has 0 saturated carbocycles. The van der Waals surface area contributed by atoms with Crippen molar-refractivity contribution in [2.75, 3.05) is 13.1 Å². The molecule has 1 atom stereocenters. The minimum absolute atomic E-state index is 0.0910. The van der Waals surface area contributed by atoms with Crippen LogP contribution in [-0.4, -0.2) is 41.1 Å². The Labute approximate surface area is 140 Å². The number of hydrogen-bond donors (Lipinski definition) is 1. The van der Waals surface area contributed by atoms with Crippen molar-refractivity contribution < 1.29 is 19.4 Å². The number of carbonyl (C=O) groups excluding carboxylic acids is 1. The van der Waals surface area contributed by atoms with Gasteiger partial charge in [-0.25, -0.2) is 0 Å². The van der Waals surface area contributed by atoms with E-state index in [-0.39, 0.29) is 11.8 Å². The van der Waals surface area contributed by atoms with Crippen molar-refractivity contribution in [3.05, 3.63) is 42.5 Å². The minimum atomic E-state index is -0.776. The molecule has 3 rings (SSSR count). The fourth-order valence-corrected chi connectivity index (χ4v) is 3.14. The summed E-state index contributed by atoms with van der Waals surface area (Å²) in [5.74, 6) is -0.522. The highest BCUT2D eigenvalue weighted by molar-refractivity contribution is 5.89. The van der Waals surface area contributed by atoms with E-state index in [2.05, 4.69) is 0 Å². The number of amides is 1. The van der Waals surface area contributed by atoms with E-state index in [1.54, 1.807) is 11.8 Å². The molecule has 1 saturated heterocycles. The Morgan fingerprint density at radius 1 is 1.12 bits per heavy atom. The van der Waals surface area contributed by atoms with Gasteiger partial charge in [-0.05, 0) is 31.2 Å². The number of nitrogens with zero attached hydrogens (tertiary/aromatic N) is 1. The first-order valence-corrected chi connectivity index (χ1v) is 8.22. The smallest absolute Gasteiger partial charge is 0.306 e. The maximum atomic E-state index is 12.6. The second kappa shape index (κ2) is 6.91. The molecular weight excluding hydrogens is 306 g/mol. The zero-order valence-electron chi connectivity index (χ0n) is 13.6. The molecule has 1 amide bonds. The molecule has 2 aromatic carbocycles. The molecule has 5 heteroatoms. The largest absolute Gasteiger partial charge is 0.481 e. The van der Waals surface area contributed by atoms with E-state index in [4.69, 9.17) is 9.84 Å². The molecule has 1 N–H and O–H groups in total. The fraction of sp³-hybridized carbons (Fsp3) is 0.368. The third-order valence-corrected chi connectivity index (χ3v) is 4.56. The van der Waals surface area contributed by atoms with Crippen molar-refractivity contribution in [1.82, 2.24) is 4.90 Å². The van der Waals surface area contributed by atoms with Crippen LogP contribution in [0.2, 0.25) is 0 Å². The van der Waals surface area contributed by atoms with E-state index in [1.807, 2.05) is 42.5 Å². The highest BCUT2D eigenvalue weighted by Crippen LogP contribution is 2.26. The zero-order chi connectivity index (χ0) is 17.1. The predicted octanol–water partition coefficient (Wildman–Crippen LogP) is 2.93. The summed E-state index contributed by atoms with van der Waals surface area (Å²) >= 11 is 0. The van der Waals surface area contributed by atoms with Crippen LogP contribution < -0.4 is 4.74 Å². The Kier molecular flexibility index (Phi) is 4.69. The van der Waals surface area contributed by atoms with E-state index < -0.39 is 12.1 Å². The van der Waals surface area contributed by atoms with Crippen molar-refractivity contribution >= 4 is 22.6 Å². The second-order valence-electron chi connectivity index (χ2n) is 6.18. The first-order chi connectivity index (χ1) is 11.6. The molecule has 2 aromatic rings. The zero-order valence-corrected chi connectivity index (χ0v) is 13.6. The third kappa shape index (κ3) is 3.35. The van der Waals surface area contributed by atoms with Gasteiger partial charge < -0.3 is 14.7 Å². The third-order valence-electron chi connectivity index (χ3n) is 4.56. The molecule has 0 spiro atoms. The van der Waals surface area contributed by atoms with Gasteiger partial charge in [0.25, 0.3) is 5.91 Å². The number of aliphatic carboxylic acids is 1. The van der Waals surface area contributed by atoms with Gasteiger partial charge >= 0.3 is 5.97 Å². The Balaban J connectivity index is 1.67. The van der Waals surface area contributed by atoms with Crippen molar-refractivity contribution in [1.29, 1.82) is 0 Å². The number of likely N-dealkylation sites (tertiary alicyclic amines) is 1. The maximum absolute atomic E-state index is 12.6. The highest BCUT2D eigenvalue weighted by atomic mass is 16.5. The Morgan fingerprint density at radius 3 is 2.50 bits per heavy atom. The van der Waals surface area contributed by atoms with Crippen LogP contribution in [0.4, 0.5) is 0 Å². The van der Waals surface area contributed by atoms with Crippen molar-refractivity contribution in [2.24, 2.45) is 5.92 Å². The van der Waals surface area contributed by atoms with Gasteiger partial charge in [-0.15, -0.1) is 0 Å². The molecular formula is C19H21NO4. The van der Waals surface area contributed by atoms with Gasteiger partial charge in [0.15, 0.2) is 6.10 Å². The monoisotopic (exact) mass is 327 g/mol. The topological polar surface area (TPSA) is 66.8 Å². The van der Waals surface area contributed by atoms with Gasteiger partial charge in [0, 0.05) is 18.5 Å². The Hall–Kier alpha value is -2.56. The van der Waals surface area contributed by atoms with Crippen LogP contribution in [0.1, 0.15) is 19.8 Å². The lowest BCUT2D eigenvalue weighted by Gasteiger charge is -2.32. The summed E-state index contributed by atoms with van der Waals surface area (Å²) in [5.41, 5.74) is 0. The molecule has 0 aromatic heterocycles. The van der Waals surface area contributed by atoms with E-state index >= 15 is 0 Å². The lowest BCUT2D eigenvalue weighted by atomic mass is 9.97. The summed E-state index contributed by atoms with van der Waals surface area (Å²) < 4.78 is 5.91. The molecule has 24 heavy (non-hydrogen) atoms. The van der Waals surface area contributed by atoms with Crippen LogP contribution in [0, 0.1) is 5.92 Å². The van der Waals surface area contributed by atoms with E-state index in [0.29, 0.717) is 31.7 Å². The van der Waals surface area contributed by atoms with Crippen molar-refractivity contribution in [3.63, 3.8) is 0 Å². The molecule has 0 radical (unpaired) electrons. The number of ether oxygens (including phenoxy) is 1. The van der Waals surface area contributed by atoms with E-state index in [1.165, 1.54) is 0 Å². The summed E-state index contributed by atoms with van der Waals surface area (Å²) in [4.78, 5) is 25.3. The van der Waals surface area contributed by atoms with E-state index in [0.717, 1.165) is 10.8 Å². The van der Waals surface area contributed by atoms with Crippen LogP contribution in [0.15, 0.2) is 42.5 Å². The standard InChI is InChI=1S/C19H21NO4/c1-13(18(21)20-11-9-15(10-12-20)19(22)23)24-17-8-4-6-14-5-2-3-7-16(14)17/h2-8,13,15H,9-12H2,1H3,(H,22,23). The minimum Gasteiger partial charge on any atom is -0.481 e. The summed E-state index contributed by atoms with van der Waals surface area (Å²) in [6, 6.07) is 13.7. The van der Waals surface area contributed by atoms with Gasteiger partial charge in [0.2, 0.25) is 0 Å². The van der Waals surface area contributed by atoms with E-state index in [9.17, 15) is 9.59 Å². The first kappa shape index (κ1) is 16.3. The molecule has 1 aliphatic rings. The number of benzene rings is 2. The highest BCUT2D eigenvalue weighted by Gasteiger charge is 2.29. The molecule has 1 aliphatic heterocycles. The molecule has 1 unspecified atom stereocenters. The van der Waals surface area contributed by atoms with Gasteiger partial charge in [0.05, 0.1) is 5.92 Å². The van der Waals surface area contributed by atoms with Crippen LogP contribution in [0.3, 0.4) is 0 Å². The average molecular weight is 327 g/mol. The Morgan fingerprint density at radius 2 is 1.79 bits per heavy atom. The number of carbonyl (C=O) groups is 2. The van der Waals surface area contributed by atoms with Crippen LogP contribution in [-0.2, 0) is 9.59 Å². The number of piperidine rings is 1. The molecule has 1 fully saturated rings. The number of carboxylic acids is 1. The van der Waals surface area contributed by atoms with Gasteiger partial charge in [-0.1, -0.05) is 36.4 Å².